The monoisotopic (exact) mass is 265 g/mol. The van der Waals surface area contributed by atoms with Gasteiger partial charge in [-0.1, -0.05) is 37.1 Å². The Kier molecular flexibility index (Phi) is 4.69. The van der Waals surface area contributed by atoms with Gasteiger partial charge in [0, 0.05) is 5.02 Å². The second-order valence-corrected chi connectivity index (χ2v) is 6.26. The number of aryl methyl sites for hydroxylation is 1. The molecule has 2 rings (SSSR count). The summed E-state index contributed by atoms with van der Waals surface area (Å²) in [6.45, 7) is 5.56. The van der Waals surface area contributed by atoms with E-state index in [1.807, 2.05) is 0 Å². The third-order valence-corrected chi connectivity index (χ3v) is 4.75. The van der Waals surface area contributed by atoms with Gasteiger partial charge in [-0.3, -0.25) is 0 Å². The van der Waals surface area contributed by atoms with Gasteiger partial charge in [0.15, 0.2) is 0 Å². The van der Waals surface area contributed by atoms with E-state index >= 15 is 0 Å². The molecule has 2 heteroatoms. The number of halogens is 1. The van der Waals surface area contributed by atoms with Crippen LogP contribution in [0.5, 0.6) is 0 Å². The molecule has 1 fully saturated rings. The van der Waals surface area contributed by atoms with E-state index in [0.29, 0.717) is 5.92 Å². The molecule has 1 saturated carbocycles. The summed E-state index contributed by atoms with van der Waals surface area (Å²) in [5.41, 5.74) is 2.60. The lowest BCUT2D eigenvalue weighted by Gasteiger charge is -2.35. The van der Waals surface area contributed by atoms with Crippen LogP contribution in [0.3, 0.4) is 0 Å². The van der Waals surface area contributed by atoms with Gasteiger partial charge < -0.3 is 5.32 Å². The van der Waals surface area contributed by atoms with Crippen LogP contribution in [-0.4, -0.2) is 13.6 Å². The van der Waals surface area contributed by atoms with E-state index in [-0.39, 0.29) is 0 Å². The van der Waals surface area contributed by atoms with Gasteiger partial charge in [-0.05, 0) is 68.3 Å². The van der Waals surface area contributed by atoms with Crippen molar-refractivity contribution in [2.45, 2.75) is 39.0 Å². The number of hydrogen-bond acceptors (Lipinski definition) is 1. The van der Waals surface area contributed by atoms with Gasteiger partial charge in [-0.2, -0.15) is 0 Å². The highest BCUT2D eigenvalue weighted by molar-refractivity contribution is 6.31. The van der Waals surface area contributed by atoms with Crippen molar-refractivity contribution in [1.29, 1.82) is 0 Å². The van der Waals surface area contributed by atoms with E-state index < -0.39 is 0 Å². The first kappa shape index (κ1) is 13.9. The maximum atomic E-state index is 6.28. The Bertz CT molecular complexity index is 402. The smallest absolute Gasteiger partial charge is 0.0438 e. The molecule has 0 saturated heterocycles. The molecule has 1 nitrogen and oxygen atoms in total. The molecular weight excluding hydrogens is 242 g/mol. The Balaban J connectivity index is 2.23. The normalized spacial score (nSPS) is 28.3. The molecule has 100 valence electrons. The van der Waals surface area contributed by atoms with Crippen molar-refractivity contribution < 1.29 is 0 Å². The predicted octanol–water partition coefficient (Wildman–Crippen LogP) is 4.39. The average Bonchev–Trinajstić information content (AvgIpc) is 2.35. The zero-order valence-corrected chi connectivity index (χ0v) is 12.4. The van der Waals surface area contributed by atoms with Crippen molar-refractivity contribution in [3.05, 3.63) is 34.3 Å². The van der Waals surface area contributed by atoms with E-state index in [9.17, 15) is 0 Å². The summed E-state index contributed by atoms with van der Waals surface area (Å²) in [6, 6.07) is 6.61. The summed E-state index contributed by atoms with van der Waals surface area (Å²) in [5.74, 6) is 2.26. The fourth-order valence-electron chi connectivity index (χ4n) is 3.20. The van der Waals surface area contributed by atoms with E-state index in [1.165, 1.54) is 30.4 Å². The van der Waals surface area contributed by atoms with Gasteiger partial charge in [0.05, 0.1) is 0 Å². The molecule has 1 aromatic rings. The second-order valence-electron chi connectivity index (χ2n) is 5.85. The summed E-state index contributed by atoms with van der Waals surface area (Å²) < 4.78 is 0. The Morgan fingerprint density at radius 3 is 2.78 bits per heavy atom. The van der Waals surface area contributed by atoms with Crippen LogP contribution in [0, 0.1) is 18.8 Å². The summed E-state index contributed by atoms with van der Waals surface area (Å²) >= 11 is 6.28. The third-order valence-electron chi connectivity index (χ3n) is 4.35. The van der Waals surface area contributed by atoms with Crippen LogP contribution in [0.15, 0.2) is 18.2 Å². The Morgan fingerprint density at radius 1 is 1.33 bits per heavy atom. The molecule has 0 radical (unpaired) electrons. The minimum absolute atomic E-state index is 0.666. The maximum Gasteiger partial charge on any atom is 0.0438 e. The molecule has 0 amide bonds. The summed E-state index contributed by atoms with van der Waals surface area (Å²) in [5, 5.41) is 4.26. The molecule has 18 heavy (non-hydrogen) atoms. The van der Waals surface area contributed by atoms with Gasteiger partial charge >= 0.3 is 0 Å². The van der Waals surface area contributed by atoms with E-state index in [0.717, 1.165) is 23.4 Å². The fourth-order valence-corrected chi connectivity index (χ4v) is 3.39. The van der Waals surface area contributed by atoms with Crippen LogP contribution in [-0.2, 0) is 0 Å². The van der Waals surface area contributed by atoms with Gasteiger partial charge in [0.1, 0.15) is 0 Å². The lowest BCUT2D eigenvalue weighted by Crippen LogP contribution is -2.29. The quantitative estimate of drug-likeness (QED) is 0.855. The first-order chi connectivity index (χ1) is 8.61. The number of nitrogens with one attached hydrogen (secondary N) is 1. The van der Waals surface area contributed by atoms with Crippen LogP contribution in [0.25, 0.3) is 0 Å². The lowest BCUT2D eigenvalue weighted by molar-refractivity contribution is 0.245. The minimum atomic E-state index is 0.666. The van der Waals surface area contributed by atoms with E-state index in [4.69, 9.17) is 11.6 Å². The molecule has 0 aromatic heterocycles. The average molecular weight is 266 g/mol. The van der Waals surface area contributed by atoms with Crippen molar-refractivity contribution in [2.75, 3.05) is 13.6 Å². The molecule has 3 unspecified atom stereocenters. The van der Waals surface area contributed by atoms with E-state index in [1.54, 1.807) is 0 Å². The molecule has 0 spiro atoms. The molecule has 0 heterocycles. The predicted molar refractivity (Wildman–Crippen MR) is 79.4 cm³/mol. The van der Waals surface area contributed by atoms with E-state index in [2.05, 4.69) is 44.4 Å². The topological polar surface area (TPSA) is 12.0 Å². The van der Waals surface area contributed by atoms with Crippen molar-refractivity contribution >= 4 is 11.6 Å². The SMILES string of the molecule is CNCC1CCC(C)CC1c1ccc(C)c(Cl)c1. The molecule has 0 aliphatic heterocycles. The van der Waals surface area contributed by atoms with Crippen LogP contribution in [0.2, 0.25) is 5.02 Å². The molecule has 3 atom stereocenters. The third kappa shape index (κ3) is 3.07. The minimum Gasteiger partial charge on any atom is -0.319 e. The largest absolute Gasteiger partial charge is 0.319 e. The highest BCUT2D eigenvalue weighted by Crippen LogP contribution is 2.41. The lowest BCUT2D eigenvalue weighted by atomic mass is 9.71. The van der Waals surface area contributed by atoms with Gasteiger partial charge in [-0.25, -0.2) is 0 Å². The summed E-state index contributed by atoms with van der Waals surface area (Å²) in [4.78, 5) is 0. The maximum absolute atomic E-state index is 6.28. The van der Waals surface area contributed by atoms with Crippen molar-refractivity contribution in [3.8, 4) is 0 Å². The molecule has 1 aliphatic carbocycles. The second kappa shape index (κ2) is 6.08. The molecule has 1 N–H and O–H groups in total. The molecule has 1 aromatic carbocycles. The molecular formula is C16H24ClN. The van der Waals surface area contributed by atoms with Crippen molar-refractivity contribution in [2.24, 2.45) is 11.8 Å². The highest BCUT2D eigenvalue weighted by Gasteiger charge is 2.29. The van der Waals surface area contributed by atoms with Crippen LogP contribution >= 0.6 is 11.6 Å². The highest BCUT2D eigenvalue weighted by atomic mass is 35.5. The van der Waals surface area contributed by atoms with Crippen LogP contribution < -0.4 is 5.32 Å². The van der Waals surface area contributed by atoms with Crippen molar-refractivity contribution in [1.82, 2.24) is 5.32 Å². The van der Waals surface area contributed by atoms with Gasteiger partial charge in [0.2, 0.25) is 0 Å². The first-order valence-electron chi connectivity index (χ1n) is 7.02. The van der Waals surface area contributed by atoms with Crippen LogP contribution in [0.4, 0.5) is 0 Å². The molecule has 0 bridgehead atoms. The zero-order chi connectivity index (χ0) is 13.1. The Hall–Kier alpha value is -0.530. The number of hydrogen-bond donors (Lipinski definition) is 1. The first-order valence-corrected chi connectivity index (χ1v) is 7.40. The summed E-state index contributed by atoms with van der Waals surface area (Å²) in [6.07, 6.45) is 3.99. The van der Waals surface area contributed by atoms with Gasteiger partial charge in [0.25, 0.3) is 0 Å². The fraction of sp³-hybridized carbons (Fsp3) is 0.625. The standard InChI is InChI=1S/C16H24ClN/c1-11-4-6-14(10-18-3)15(8-11)13-7-5-12(2)16(17)9-13/h5,7,9,11,14-15,18H,4,6,8,10H2,1-3H3. The number of rotatable bonds is 3. The molecule has 1 aliphatic rings. The number of benzene rings is 1. The Labute approximate surface area is 116 Å². The Morgan fingerprint density at radius 2 is 2.11 bits per heavy atom. The zero-order valence-electron chi connectivity index (χ0n) is 11.7. The summed E-state index contributed by atoms with van der Waals surface area (Å²) in [7, 11) is 2.05. The van der Waals surface area contributed by atoms with Crippen LogP contribution in [0.1, 0.15) is 43.2 Å². The van der Waals surface area contributed by atoms with Gasteiger partial charge in [-0.15, -0.1) is 0 Å². The van der Waals surface area contributed by atoms with Crippen molar-refractivity contribution in [3.63, 3.8) is 0 Å².